The third-order valence-corrected chi connectivity index (χ3v) is 6.83. The van der Waals surface area contributed by atoms with Gasteiger partial charge in [-0.3, -0.25) is 9.10 Å². The minimum absolute atomic E-state index is 0.0721. The Labute approximate surface area is 201 Å². The summed E-state index contributed by atoms with van der Waals surface area (Å²) in [4.78, 5) is 12.8. The minimum Gasteiger partial charge on any atom is -0.492 e. The van der Waals surface area contributed by atoms with E-state index in [1.807, 2.05) is 31.2 Å². The van der Waals surface area contributed by atoms with Gasteiger partial charge in [-0.05, 0) is 48.2 Å². The molecule has 0 aliphatic carbocycles. The highest BCUT2D eigenvalue weighted by Crippen LogP contribution is 2.32. The fourth-order valence-corrected chi connectivity index (χ4v) is 4.72. The second-order valence-corrected chi connectivity index (χ2v) is 9.70. The molecule has 1 amide bonds. The molecule has 0 aliphatic heterocycles. The molecule has 0 saturated carbocycles. The summed E-state index contributed by atoms with van der Waals surface area (Å²) < 4.78 is 33.6. The normalized spacial score (nSPS) is 11.5. The minimum atomic E-state index is -4.04. The van der Waals surface area contributed by atoms with Crippen molar-refractivity contribution >= 4 is 27.8 Å². The number of hydrazone groups is 1. The summed E-state index contributed by atoms with van der Waals surface area (Å²) in [6.45, 7) is 5.92. The highest BCUT2D eigenvalue weighted by molar-refractivity contribution is 7.92. The van der Waals surface area contributed by atoms with Crippen LogP contribution >= 0.6 is 0 Å². The van der Waals surface area contributed by atoms with Crippen LogP contribution in [-0.4, -0.2) is 33.7 Å². The Hall–Kier alpha value is -3.65. The summed E-state index contributed by atoms with van der Waals surface area (Å²) in [7, 11) is -4.04. The van der Waals surface area contributed by atoms with Crippen LogP contribution in [0, 0.1) is 0 Å². The molecule has 178 valence electrons. The van der Waals surface area contributed by atoms with Gasteiger partial charge in [-0.25, -0.2) is 13.8 Å². The SMILES string of the molecule is CCOc1ccccc1N(CC(=O)N/N=C\c1ccc(C(C)C)cc1)S(=O)(=O)c1ccccc1. The van der Waals surface area contributed by atoms with Crippen molar-refractivity contribution < 1.29 is 17.9 Å². The van der Waals surface area contributed by atoms with E-state index in [-0.39, 0.29) is 10.6 Å². The van der Waals surface area contributed by atoms with Crippen molar-refractivity contribution in [3.05, 3.63) is 90.0 Å². The third-order valence-electron chi connectivity index (χ3n) is 5.06. The van der Waals surface area contributed by atoms with E-state index in [1.54, 1.807) is 42.5 Å². The highest BCUT2D eigenvalue weighted by Gasteiger charge is 2.29. The van der Waals surface area contributed by atoms with Crippen LogP contribution in [0.25, 0.3) is 0 Å². The number of carbonyl (C=O) groups is 1. The zero-order valence-electron chi connectivity index (χ0n) is 19.5. The molecule has 8 heteroatoms. The number of benzene rings is 3. The van der Waals surface area contributed by atoms with Gasteiger partial charge in [0.05, 0.1) is 23.4 Å². The summed E-state index contributed by atoms with van der Waals surface area (Å²) >= 11 is 0. The summed E-state index contributed by atoms with van der Waals surface area (Å²) in [5.74, 6) is 0.203. The van der Waals surface area contributed by atoms with Gasteiger partial charge in [0.15, 0.2) is 0 Å². The Balaban J connectivity index is 1.83. The van der Waals surface area contributed by atoms with Crippen molar-refractivity contribution in [2.24, 2.45) is 5.10 Å². The molecule has 1 N–H and O–H groups in total. The van der Waals surface area contributed by atoms with E-state index in [0.29, 0.717) is 18.3 Å². The van der Waals surface area contributed by atoms with Crippen LogP contribution in [0.5, 0.6) is 5.75 Å². The van der Waals surface area contributed by atoms with Crippen LogP contribution < -0.4 is 14.5 Å². The van der Waals surface area contributed by atoms with Crippen LogP contribution in [-0.2, 0) is 14.8 Å². The first-order valence-electron chi connectivity index (χ1n) is 11.0. The Kier molecular flexibility index (Phi) is 8.43. The summed E-state index contributed by atoms with van der Waals surface area (Å²) in [5.41, 5.74) is 4.73. The molecular weight excluding hydrogens is 450 g/mol. The number of para-hydroxylation sites is 2. The molecule has 0 aromatic heterocycles. The second-order valence-electron chi connectivity index (χ2n) is 7.84. The van der Waals surface area contributed by atoms with Crippen LogP contribution in [0.3, 0.4) is 0 Å². The van der Waals surface area contributed by atoms with Gasteiger partial charge in [0, 0.05) is 0 Å². The van der Waals surface area contributed by atoms with E-state index in [9.17, 15) is 13.2 Å². The van der Waals surface area contributed by atoms with Crippen molar-refractivity contribution in [3.63, 3.8) is 0 Å². The summed E-state index contributed by atoms with van der Waals surface area (Å²) in [6.07, 6.45) is 1.52. The van der Waals surface area contributed by atoms with Gasteiger partial charge in [-0.1, -0.05) is 68.4 Å². The molecule has 0 aliphatic rings. The maximum absolute atomic E-state index is 13.5. The number of hydrogen-bond acceptors (Lipinski definition) is 5. The highest BCUT2D eigenvalue weighted by atomic mass is 32.2. The van der Waals surface area contributed by atoms with Crippen molar-refractivity contribution in [2.45, 2.75) is 31.6 Å². The van der Waals surface area contributed by atoms with Gasteiger partial charge in [-0.15, -0.1) is 0 Å². The Morgan fingerprint density at radius 1 is 1.00 bits per heavy atom. The predicted molar refractivity (Wildman–Crippen MR) is 135 cm³/mol. The molecule has 3 aromatic carbocycles. The van der Waals surface area contributed by atoms with E-state index in [4.69, 9.17) is 4.74 Å². The van der Waals surface area contributed by atoms with E-state index < -0.39 is 22.5 Å². The van der Waals surface area contributed by atoms with E-state index in [2.05, 4.69) is 24.4 Å². The van der Waals surface area contributed by atoms with Crippen LogP contribution in [0.15, 0.2) is 88.9 Å². The molecule has 7 nitrogen and oxygen atoms in total. The molecule has 0 unspecified atom stereocenters. The quantitative estimate of drug-likeness (QED) is 0.341. The monoisotopic (exact) mass is 479 g/mol. The van der Waals surface area contributed by atoms with Crippen molar-refractivity contribution in [1.29, 1.82) is 0 Å². The molecule has 0 radical (unpaired) electrons. The lowest BCUT2D eigenvalue weighted by Crippen LogP contribution is -2.39. The largest absolute Gasteiger partial charge is 0.492 e. The van der Waals surface area contributed by atoms with E-state index >= 15 is 0 Å². The number of hydrogen-bond donors (Lipinski definition) is 1. The van der Waals surface area contributed by atoms with Gasteiger partial charge in [0.2, 0.25) is 0 Å². The zero-order valence-corrected chi connectivity index (χ0v) is 20.3. The number of anilines is 1. The second kappa shape index (κ2) is 11.5. The summed E-state index contributed by atoms with van der Waals surface area (Å²) in [5, 5.41) is 4.00. The smallest absolute Gasteiger partial charge is 0.264 e. The first kappa shape index (κ1) is 25.0. The molecular formula is C26H29N3O4S. The molecule has 34 heavy (non-hydrogen) atoms. The van der Waals surface area contributed by atoms with Gasteiger partial charge in [-0.2, -0.15) is 5.10 Å². The standard InChI is InChI=1S/C26H29N3O4S/c1-4-33-25-13-9-8-12-24(25)29(34(31,32)23-10-6-5-7-11-23)19-26(30)28-27-18-21-14-16-22(17-15-21)20(2)3/h5-18,20H,4,19H2,1-3H3,(H,28,30)/b27-18-. The van der Waals surface area contributed by atoms with Gasteiger partial charge < -0.3 is 4.74 Å². The lowest BCUT2D eigenvalue weighted by molar-refractivity contribution is -0.119. The topological polar surface area (TPSA) is 88.1 Å². The average molecular weight is 480 g/mol. The number of nitrogens with one attached hydrogen (secondary N) is 1. The van der Waals surface area contributed by atoms with Crippen LogP contribution in [0.4, 0.5) is 5.69 Å². The van der Waals surface area contributed by atoms with Gasteiger partial charge in [0.25, 0.3) is 15.9 Å². The van der Waals surface area contributed by atoms with Gasteiger partial charge >= 0.3 is 0 Å². The average Bonchev–Trinajstić information content (AvgIpc) is 2.84. The first-order chi connectivity index (χ1) is 16.3. The summed E-state index contributed by atoms with van der Waals surface area (Å²) in [6, 6.07) is 22.5. The predicted octanol–water partition coefficient (Wildman–Crippen LogP) is 4.55. The van der Waals surface area contributed by atoms with Crippen LogP contribution in [0.1, 0.15) is 37.8 Å². The first-order valence-corrected chi connectivity index (χ1v) is 12.5. The molecule has 3 aromatic rings. The number of ether oxygens (including phenoxy) is 1. The molecule has 0 spiro atoms. The fraction of sp³-hybridized carbons (Fsp3) is 0.231. The van der Waals surface area contributed by atoms with Crippen molar-refractivity contribution in [2.75, 3.05) is 17.5 Å². The van der Waals surface area contributed by atoms with Crippen LogP contribution in [0.2, 0.25) is 0 Å². The zero-order chi connectivity index (χ0) is 24.6. The lowest BCUT2D eigenvalue weighted by atomic mass is 10.0. The molecule has 0 heterocycles. The number of rotatable bonds is 10. The Morgan fingerprint density at radius 2 is 1.65 bits per heavy atom. The number of sulfonamides is 1. The molecule has 0 atom stereocenters. The third kappa shape index (κ3) is 6.23. The molecule has 3 rings (SSSR count). The fourth-order valence-electron chi connectivity index (χ4n) is 3.27. The molecule has 0 fully saturated rings. The van der Waals surface area contributed by atoms with E-state index in [0.717, 1.165) is 9.87 Å². The number of amides is 1. The maximum atomic E-state index is 13.5. The lowest BCUT2D eigenvalue weighted by Gasteiger charge is -2.25. The molecule has 0 saturated heterocycles. The van der Waals surface area contributed by atoms with Crippen molar-refractivity contribution in [3.8, 4) is 5.75 Å². The number of nitrogens with zero attached hydrogens (tertiary/aromatic N) is 2. The van der Waals surface area contributed by atoms with Gasteiger partial charge in [0.1, 0.15) is 12.3 Å². The Bertz CT molecular complexity index is 1220. The maximum Gasteiger partial charge on any atom is 0.264 e. The van der Waals surface area contributed by atoms with Crippen molar-refractivity contribution in [1.82, 2.24) is 5.43 Å². The molecule has 0 bridgehead atoms. The Morgan fingerprint density at radius 3 is 2.29 bits per heavy atom. The van der Waals surface area contributed by atoms with E-state index in [1.165, 1.54) is 23.9 Å². The number of carbonyl (C=O) groups excluding carboxylic acids is 1.